The summed E-state index contributed by atoms with van der Waals surface area (Å²) < 4.78 is 0. The van der Waals surface area contributed by atoms with Gasteiger partial charge in [-0.05, 0) is 13.8 Å². The van der Waals surface area contributed by atoms with E-state index in [1.165, 1.54) is 0 Å². The summed E-state index contributed by atoms with van der Waals surface area (Å²) in [6.07, 6.45) is 0. The summed E-state index contributed by atoms with van der Waals surface area (Å²) in [5.41, 5.74) is 0. The van der Waals surface area contributed by atoms with Gasteiger partial charge < -0.3 is 0 Å². The molecule has 2 N–H and O–H groups in total. The Hall–Kier alpha value is 0.270. The molecule has 0 bridgehead atoms. The number of hydrogen-bond donors (Lipinski definition) is 3. The zero-order valence-corrected chi connectivity index (χ0v) is 6.13. The van der Waals surface area contributed by atoms with E-state index in [-0.39, 0.29) is 4.87 Å². The van der Waals surface area contributed by atoms with Crippen molar-refractivity contribution >= 4 is 12.6 Å². The fraction of sp³-hybridized carbons (Fsp3) is 1.00. The summed E-state index contributed by atoms with van der Waals surface area (Å²) in [7, 11) is 0. The molecular formula is C5H12N2S. The van der Waals surface area contributed by atoms with E-state index in [2.05, 4.69) is 37.1 Å². The van der Waals surface area contributed by atoms with Crippen LogP contribution in [0, 0.1) is 0 Å². The van der Waals surface area contributed by atoms with Crippen LogP contribution >= 0.6 is 12.6 Å². The SMILES string of the molecule is CC1NCNC1(C)S. The highest BCUT2D eigenvalue weighted by molar-refractivity contribution is 7.81. The van der Waals surface area contributed by atoms with Crippen molar-refractivity contribution in [3.63, 3.8) is 0 Å². The summed E-state index contributed by atoms with van der Waals surface area (Å²) in [4.78, 5) is -0.0139. The van der Waals surface area contributed by atoms with Crippen LogP contribution in [-0.4, -0.2) is 17.6 Å². The molecule has 48 valence electrons. The molecule has 1 rings (SSSR count). The highest BCUT2D eigenvalue weighted by atomic mass is 32.1. The molecule has 2 nitrogen and oxygen atoms in total. The lowest BCUT2D eigenvalue weighted by atomic mass is 10.2. The average Bonchev–Trinajstić information content (AvgIpc) is 1.86. The number of hydrogen-bond acceptors (Lipinski definition) is 3. The lowest BCUT2D eigenvalue weighted by Gasteiger charge is -2.20. The van der Waals surface area contributed by atoms with Gasteiger partial charge in [0.1, 0.15) is 0 Å². The smallest absolute Gasteiger partial charge is 0.0749 e. The van der Waals surface area contributed by atoms with Crippen LogP contribution in [0.25, 0.3) is 0 Å². The topological polar surface area (TPSA) is 24.1 Å². The second kappa shape index (κ2) is 1.90. The minimum Gasteiger partial charge on any atom is -0.299 e. The Labute approximate surface area is 55.4 Å². The van der Waals surface area contributed by atoms with Crippen LogP contribution in [0.15, 0.2) is 0 Å². The highest BCUT2D eigenvalue weighted by Crippen LogP contribution is 2.17. The van der Waals surface area contributed by atoms with Gasteiger partial charge >= 0.3 is 0 Å². The van der Waals surface area contributed by atoms with E-state index in [1.807, 2.05) is 0 Å². The second-order valence-electron chi connectivity index (χ2n) is 2.43. The largest absolute Gasteiger partial charge is 0.299 e. The number of rotatable bonds is 0. The first kappa shape index (κ1) is 6.39. The summed E-state index contributed by atoms with van der Waals surface area (Å²) in [6, 6.07) is 0.464. The van der Waals surface area contributed by atoms with Crippen LogP contribution in [0.2, 0.25) is 0 Å². The van der Waals surface area contributed by atoms with Gasteiger partial charge in [0.25, 0.3) is 0 Å². The van der Waals surface area contributed by atoms with Gasteiger partial charge in [0.2, 0.25) is 0 Å². The normalized spacial score (nSPS) is 47.6. The van der Waals surface area contributed by atoms with Crippen molar-refractivity contribution in [1.82, 2.24) is 10.6 Å². The van der Waals surface area contributed by atoms with Crippen LogP contribution < -0.4 is 10.6 Å². The van der Waals surface area contributed by atoms with E-state index in [9.17, 15) is 0 Å². The molecular weight excluding hydrogens is 120 g/mol. The first-order valence-electron chi connectivity index (χ1n) is 2.84. The number of thiol groups is 1. The van der Waals surface area contributed by atoms with Gasteiger partial charge in [0, 0.05) is 12.7 Å². The monoisotopic (exact) mass is 132 g/mol. The van der Waals surface area contributed by atoms with Gasteiger partial charge in [0.05, 0.1) is 4.87 Å². The lowest BCUT2D eigenvalue weighted by molar-refractivity contribution is 0.538. The molecule has 0 radical (unpaired) electrons. The lowest BCUT2D eigenvalue weighted by Crippen LogP contribution is -2.38. The van der Waals surface area contributed by atoms with Gasteiger partial charge in [-0.25, -0.2) is 0 Å². The first-order chi connectivity index (χ1) is 3.63. The zero-order chi connectivity index (χ0) is 6.20. The quantitative estimate of drug-likeness (QED) is 0.409. The summed E-state index contributed by atoms with van der Waals surface area (Å²) in [5.74, 6) is 0. The van der Waals surface area contributed by atoms with E-state index in [1.54, 1.807) is 0 Å². The molecule has 1 heterocycles. The summed E-state index contributed by atoms with van der Waals surface area (Å²) in [5, 5.41) is 6.42. The van der Waals surface area contributed by atoms with Crippen molar-refractivity contribution in [3.05, 3.63) is 0 Å². The van der Waals surface area contributed by atoms with Gasteiger partial charge in [-0.1, -0.05) is 0 Å². The molecule has 0 saturated carbocycles. The van der Waals surface area contributed by atoms with Crippen molar-refractivity contribution in [3.8, 4) is 0 Å². The van der Waals surface area contributed by atoms with Crippen LogP contribution in [0.5, 0.6) is 0 Å². The molecule has 0 aliphatic carbocycles. The maximum atomic E-state index is 4.37. The Morgan fingerprint density at radius 2 is 2.38 bits per heavy atom. The van der Waals surface area contributed by atoms with Gasteiger partial charge in [-0.15, -0.1) is 0 Å². The number of nitrogens with one attached hydrogen (secondary N) is 2. The molecule has 1 aliphatic rings. The van der Waals surface area contributed by atoms with Crippen molar-refractivity contribution in [2.45, 2.75) is 24.8 Å². The van der Waals surface area contributed by atoms with E-state index >= 15 is 0 Å². The van der Waals surface area contributed by atoms with E-state index in [0.717, 1.165) is 6.67 Å². The minimum absolute atomic E-state index is 0.0139. The molecule has 3 heteroatoms. The Balaban J connectivity index is 2.54. The standard InChI is InChI=1S/C5H12N2S/c1-4-5(2,8)7-3-6-4/h4,6-8H,3H2,1-2H3. The first-order valence-corrected chi connectivity index (χ1v) is 3.28. The molecule has 0 amide bonds. The van der Waals surface area contributed by atoms with Crippen LogP contribution in [-0.2, 0) is 0 Å². The Kier molecular flexibility index (Phi) is 1.52. The molecule has 0 aromatic rings. The third kappa shape index (κ3) is 0.989. The fourth-order valence-corrected chi connectivity index (χ4v) is 0.905. The Bertz CT molecular complexity index is 92.4. The predicted octanol–water partition coefficient (Wildman–Crippen LogP) is 0.171. The Morgan fingerprint density at radius 3 is 2.50 bits per heavy atom. The molecule has 1 fully saturated rings. The van der Waals surface area contributed by atoms with Crippen molar-refractivity contribution < 1.29 is 0 Å². The van der Waals surface area contributed by atoms with Crippen LogP contribution in [0.1, 0.15) is 13.8 Å². The van der Waals surface area contributed by atoms with Crippen molar-refractivity contribution in [2.24, 2.45) is 0 Å². The molecule has 1 saturated heterocycles. The second-order valence-corrected chi connectivity index (χ2v) is 3.36. The molecule has 0 spiro atoms. The maximum Gasteiger partial charge on any atom is 0.0749 e. The zero-order valence-electron chi connectivity index (χ0n) is 5.23. The third-order valence-corrected chi connectivity index (χ3v) is 2.24. The van der Waals surface area contributed by atoms with Crippen molar-refractivity contribution in [1.29, 1.82) is 0 Å². The third-order valence-electron chi connectivity index (χ3n) is 1.70. The fourth-order valence-electron chi connectivity index (χ4n) is 0.735. The van der Waals surface area contributed by atoms with Gasteiger partial charge in [0.15, 0.2) is 0 Å². The minimum atomic E-state index is -0.0139. The molecule has 8 heavy (non-hydrogen) atoms. The van der Waals surface area contributed by atoms with Gasteiger partial charge in [-0.2, -0.15) is 12.6 Å². The van der Waals surface area contributed by atoms with E-state index < -0.39 is 0 Å². The van der Waals surface area contributed by atoms with Crippen LogP contribution in [0.3, 0.4) is 0 Å². The predicted molar refractivity (Wildman–Crippen MR) is 38.0 cm³/mol. The van der Waals surface area contributed by atoms with Gasteiger partial charge in [-0.3, -0.25) is 10.6 Å². The molecule has 0 aromatic heterocycles. The highest BCUT2D eigenvalue weighted by Gasteiger charge is 2.30. The molecule has 1 aliphatic heterocycles. The molecule has 2 unspecified atom stereocenters. The average molecular weight is 132 g/mol. The summed E-state index contributed by atoms with van der Waals surface area (Å²) >= 11 is 4.37. The molecule has 2 atom stereocenters. The van der Waals surface area contributed by atoms with E-state index in [0.29, 0.717) is 6.04 Å². The summed E-state index contributed by atoms with van der Waals surface area (Å²) in [6.45, 7) is 5.06. The van der Waals surface area contributed by atoms with Crippen LogP contribution in [0.4, 0.5) is 0 Å². The Morgan fingerprint density at radius 1 is 1.75 bits per heavy atom. The van der Waals surface area contributed by atoms with E-state index in [4.69, 9.17) is 0 Å². The maximum absolute atomic E-state index is 4.37. The van der Waals surface area contributed by atoms with Crippen molar-refractivity contribution in [2.75, 3.05) is 6.67 Å². The molecule has 0 aromatic carbocycles.